The van der Waals surface area contributed by atoms with Crippen LogP contribution in [0.2, 0.25) is 0 Å². The van der Waals surface area contributed by atoms with Crippen LogP contribution in [0.1, 0.15) is 27.2 Å². The number of anilines is 1. The Balaban J connectivity index is 2.32. The summed E-state index contributed by atoms with van der Waals surface area (Å²) < 4.78 is 5.58. The number of hydrogen-bond donors (Lipinski definition) is 2. The van der Waals surface area contributed by atoms with Gasteiger partial charge in [-0.2, -0.15) is 0 Å². The molecule has 0 amide bonds. The largest absolute Gasteiger partial charge is 0.494 e. The Morgan fingerprint density at radius 1 is 1.24 bits per heavy atom. The Morgan fingerprint density at radius 2 is 2.06 bits per heavy atom. The molecule has 0 aliphatic carbocycles. The summed E-state index contributed by atoms with van der Waals surface area (Å²) in [4.78, 5) is 0. The van der Waals surface area contributed by atoms with E-state index in [1.54, 1.807) is 0 Å². The molecule has 0 saturated carbocycles. The molecule has 0 saturated heterocycles. The molecule has 0 unspecified atom stereocenters. The van der Waals surface area contributed by atoms with E-state index in [2.05, 4.69) is 37.5 Å². The maximum absolute atomic E-state index is 5.58. The standard InChI is InChI=1S/C14H24N2O/c1-4-10-17-14-7-5-6-13(11-14)16-9-8-15-12(2)3/h5-7,11-12,15-16H,4,8-10H2,1-3H3. The quantitative estimate of drug-likeness (QED) is 0.681. The average Bonchev–Trinajstić information content (AvgIpc) is 2.32. The minimum atomic E-state index is 0.538. The molecule has 0 atom stereocenters. The summed E-state index contributed by atoms with van der Waals surface area (Å²) in [6.07, 6.45) is 1.04. The lowest BCUT2D eigenvalue weighted by Gasteiger charge is -2.11. The molecule has 2 N–H and O–H groups in total. The zero-order valence-corrected chi connectivity index (χ0v) is 11.1. The molecule has 1 rings (SSSR count). The second-order valence-corrected chi connectivity index (χ2v) is 4.41. The van der Waals surface area contributed by atoms with Gasteiger partial charge in [-0.05, 0) is 18.6 Å². The van der Waals surface area contributed by atoms with Crippen molar-refractivity contribution in [1.82, 2.24) is 5.32 Å². The van der Waals surface area contributed by atoms with Gasteiger partial charge in [-0.1, -0.05) is 26.8 Å². The molecule has 3 nitrogen and oxygen atoms in total. The van der Waals surface area contributed by atoms with Crippen molar-refractivity contribution in [3.05, 3.63) is 24.3 Å². The molecular weight excluding hydrogens is 212 g/mol. The third-order valence-electron chi connectivity index (χ3n) is 2.31. The molecule has 0 heterocycles. The third-order valence-corrected chi connectivity index (χ3v) is 2.31. The Morgan fingerprint density at radius 3 is 2.76 bits per heavy atom. The Kier molecular flexibility index (Phi) is 6.48. The molecule has 1 aromatic rings. The summed E-state index contributed by atoms with van der Waals surface area (Å²) in [6.45, 7) is 9.09. The predicted octanol–water partition coefficient (Wildman–Crippen LogP) is 2.89. The molecular formula is C14H24N2O. The van der Waals surface area contributed by atoms with E-state index in [9.17, 15) is 0 Å². The van der Waals surface area contributed by atoms with Crippen LogP contribution >= 0.6 is 0 Å². The highest BCUT2D eigenvalue weighted by Crippen LogP contribution is 2.17. The van der Waals surface area contributed by atoms with E-state index in [-0.39, 0.29) is 0 Å². The molecule has 17 heavy (non-hydrogen) atoms. The summed E-state index contributed by atoms with van der Waals surface area (Å²) in [5, 5.41) is 6.75. The highest BCUT2D eigenvalue weighted by atomic mass is 16.5. The zero-order chi connectivity index (χ0) is 12.5. The van der Waals surface area contributed by atoms with Crippen LogP contribution in [0.3, 0.4) is 0 Å². The number of benzene rings is 1. The summed E-state index contributed by atoms with van der Waals surface area (Å²) in [6, 6.07) is 8.66. The molecule has 0 radical (unpaired) electrons. The van der Waals surface area contributed by atoms with Crippen molar-refractivity contribution < 1.29 is 4.74 Å². The van der Waals surface area contributed by atoms with Gasteiger partial charge in [0, 0.05) is 30.9 Å². The van der Waals surface area contributed by atoms with Gasteiger partial charge in [0.25, 0.3) is 0 Å². The summed E-state index contributed by atoms with van der Waals surface area (Å²) in [5.74, 6) is 0.939. The minimum Gasteiger partial charge on any atom is -0.494 e. The summed E-state index contributed by atoms with van der Waals surface area (Å²) >= 11 is 0. The number of hydrogen-bond acceptors (Lipinski definition) is 3. The predicted molar refractivity (Wildman–Crippen MR) is 73.9 cm³/mol. The van der Waals surface area contributed by atoms with Crippen LogP contribution in [-0.4, -0.2) is 25.7 Å². The smallest absolute Gasteiger partial charge is 0.121 e. The topological polar surface area (TPSA) is 33.3 Å². The Hall–Kier alpha value is -1.22. The molecule has 0 aliphatic rings. The van der Waals surface area contributed by atoms with Crippen molar-refractivity contribution in [3.8, 4) is 5.75 Å². The maximum atomic E-state index is 5.58. The highest BCUT2D eigenvalue weighted by Gasteiger charge is 1.96. The van der Waals surface area contributed by atoms with Crippen LogP contribution in [0.25, 0.3) is 0 Å². The van der Waals surface area contributed by atoms with Gasteiger partial charge in [0.15, 0.2) is 0 Å². The first-order valence-electron chi connectivity index (χ1n) is 6.42. The van der Waals surface area contributed by atoms with Crippen molar-refractivity contribution in [3.63, 3.8) is 0 Å². The first kappa shape index (κ1) is 13.8. The second-order valence-electron chi connectivity index (χ2n) is 4.41. The normalized spacial score (nSPS) is 10.6. The van der Waals surface area contributed by atoms with Crippen molar-refractivity contribution in [2.75, 3.05) is 25.0 Å². The number of rotatable bonds is 8. The van der Waals surface area contributed by atoms with Crippen LogP contribution in [-0.2, 0) is 0 Å². The Bertz CT molecular complexity index is 313. The third kappa shape index (κ3) is 6.17. The average molecular weight is 236 g/mol. The second kappa shape index (κ2) is 7.96. The SMILES string of the molecule is CCCOc1cccc(NCCNC(C)C)c1. The monoisotopic (exact) mass is 236 g/mol. The fourth-order valence-corrected chi connectivity index (χ4v) is 1.48. The summed E-state index contributed by atoms with van der Waals surface area (Å²) in [7, 11) is 0. The van der Waals surface area contributed by atoms with E-state index >= 15 is 0 Å². The minimum absolute atomic E-state index is 0.538. The van der Waals surface area contributed by atoms with Crippen molar-refractivity contribution in [2.24, 2.45) is 0 Å². The van der Waals surface area contributed by atoms with E-state index in [4.69, 9.17) is 4.74 Å². The van der Waals surface area contributed by atoms with Crippen molar-refractivity contribution >= 4 is 5.69 Å². The molecule has 3 heteroatoms. The van der Waals surface area contributed by atoms with Gasteiger partial charge >= 0.3 is 0 Å². The van der Waals surface area contributed by atoms with E-state index in [0.29, 0.717) is 6.04 Å². The highest BCUT2D eigenvalue weighted by molar-refractivity contribution is 5.48. The fourth-order valence-electron chi connectivity index (χ4n) is 1.48. The van der Waals surface area contributed by atoms with E-state index in [1.807, 2.05) is 18.2 Å². The van der Waals surface area contributed by atoms with Gasteiger partial charge in [0.05, 0.1) is 6.61 Å². The number of ether oxygens (including phenoxy) is 1. The molecule has 0 spiro atoms. The lowest BCUT2D eigenvalue weighted by molar-refractivity contribution is 0.317. The van der Waals surface area contributed by atoms with Crippen molar-refractivity contribution in [1.29, 1.82) is 0 Å². The summed E-state index contributed by atoms with van der Waals surface area (Å²) in [5.41, 5.74) is 1.11. The Labute approximate surface area is 105 Å². The van der Waals surface area contributed by atoms with E-state index < -0.39 is 0 Å². The van der Waals surface area contributed by atoms with E-state index in [0.717, 1.165) is 37.6 Å². The van der Waals surface area contributed by atoms with Gasteiger partial charge in [0.1, 0.15) is 5.75 Å². The number of nitrogens with one attached hydrogen (secondary N) is 2. The van der Waals surface area contributed by atoms with Gasteiger partial charge in [-0.3, -0.25) is 0 Å². The molecule has 0 fully saturated rings. The van der Waals surface area contributed by atoms with Gasteiger partial charge < -0.3 is 15.4 Å². The molecule has 0 aromatic heterocycles. The van der Waals surface area contributed by atoms with Crippen LogP contribution in [0, 0.1) is 0 Å². The maximum Gasteiger partial charge on any atom is 0.121 e. The zero-order valence-electron chi connectivity index (χ0n) is 11.1. The first-order chi connectivity index (χ1) is 8.22. The van der Waals surface area contributed by atoms with Crippen LogP contribution in [0.15, 0.2) is 24.3 Å². The van der Waals surface area contributed by atoms with Crippen LogP contribution in [0.4, 0.5) is 5.69 Å². The first-order valence-corrected chi connectivity index (χ1v) is 6.42. The lowest BCUT2D eigenvalue weighted by Crippen LogP contribution is -2.28. The molecule has 0 bridgehead atoms. The van der Waals surface area contributed by atoms with Crippen LogP contribution in [0.5, 0.6) is 5.75 Å². The van der Waals surface area contributed by atoms with Gasteiger partial charge in [-0.25, -0.2) is 0 Å². The van der Waals surface area contributed by atoms with Crippen molar-refractivity contribution in [2.45, 2.75) is 33.2 Å². The molecule has 0 aliphatic heterocycles. The van der Waals surface area contributed by atoms with E-state index in [1.165, 1.54) is 0 Å². The molecule has 1 aromatic carbocycles. The lowest BCUT2D eigenvalue weighted by atomic mass is 10.3. The molecule has 96 valence electrons. The van der Waals surface area contributed by atoms with Gasteiger partial charge in [0.2, 0.25) is 0 Å². The van der Waals surface area contributed by atoms with Gasteiger partial charge in [-0.15, -0.1) is 0 Å². The van der Waals surface area contributed by atoms with Crippen LogP contribution < -0.4 is 15.4 Å². The fraction of sp³-hybridized carbons (Fsp3) is 0.571.